The molecular formula is C8H6F2O2. The van der Waals surface area contributed by atoms with Gasteiger partial charge >= 0.3 is 6.29 Å². The zero-order valence-electron chi connectivity index (χ0n) is 6.30. The third-order valence-corrected chi connectivity index (χ3v) is 1.56. The van der Waals surface area contributed by atoms with E-state index in [4.69, 9.17) is 0 Å². The van der Waals surface area contributed by atoms with Crippen molar-refractivity contribution >= 4 is 0 Å². The standard InChI is InChI=1S/C8H6F2O2/c1-5-2-3-6-7(4-5)12-8(9,10)11-6/h2-4H,1H3. The molecular weight excluding hydrogens is 166 g/mol. The summed E-state index contributed by atoms with van der Waals surface area (Å²) < 4.78 is 33.3. The minimum Gasteiger partial charge on any atom is -0.395 e. The van der Waals surface area contributed by atoms with Gasteiger partial charge in [-0.2, -0.15) is 0 Å². The van der Waals surface area contributed by atoms with Gasteiger partial charge in [-0.25, -0.2) is 0 Å². The predicted octanol–water partition coefficient (Wildman–Crippen LogP) is 2.32. The summed E-state index contributed by atoms with van der Waals surface area (Å²) in [5.41, 5.74) is 0.857. The SMILES string of the molecule is Cc1ccc2c(c1)OC(F)(F)O2. The molecule has 1 aromatic carbocycles. The molecule has 0 saturated carbocycles. The first kappa shape index (κ1) is 7.34. The Bertz CT molecular complexity index is 323. The van der Waals surface area contributed by atoms with E-state index in [1.54, 1.807) is 13.0 Å². The molecule has 64 valence electrons. The lowest BCUT2D eigenvalue weighted by atomic mass is 10.2. The fraction of sp³-hybridized carbons (Fsp3) is 0.250. The molecule has 1 aliphatic rings. The molecule has 1 aliphatic heterocycles. The van der Waals surface area contributed by atoms with Crippen molar-refractivity contribution in [2.24, 2.45) is 0 Å². The number of ether oxygens (including phenoxy) is 2. The molecule has 0 N–H and O–H groups in total. The predicted molar refractivity (Wildman–Crippen MR) is 37.4 cm³/mol. The van der Waals surface area contributed by atoms with E-state index in [0.717, 1.165) is 5.56 Å². The van der Waals surface area contributed by atoms with Gasteiger partial charge in [0, 0.05) is 0 Å². The average molecular weight is 172 g/mol. The lowest BCUT2D eigenvalue weighted by molar-refractivity contribution is -0.286. The first-order chi connectivity index (χ1) is 5.57. The average Bonchev–Trinajstić information content (AvgIpc) is 2.21. The molecule has 0 saturated heterocycles. The Labute approximate surface area is 67.7 Å². The number of benzene rings is 1. The Morgan fingerprint density at radius 1 is 1.17 bits per heavy atom. The molecule has 12 heavy (non-hydrogen) atoms. The van der Waals surface area contributed by atoms with E-state index in [1.807, 2.05) is 0 Å². The second kappa shape index (κ2) is 2.09. The third-order valence-electron chi connectivity index (χ3n) is 1.56. The van der Waals surface area contributed by atoms with Gasteiger partial charge in [0.15, 0.2) is 11.5 Å². The van der Waals surface area contributed by atoms with Crippen molar-refractivity contribution in [1.82, 2.24) is 0 Å². The minimum absolute atomic E-state index is 0.0885. The summed E-state index contributed by atoms with van der Waals surface area (Å²) in [6.07, 6.45) is -3.50. The lowest BCUT2D eigenvalue weighted by Gasteiger charge is -2.04. The van der Waals surface area contributed by atoms with Gasteiger partial charge in [0.2, 0.25) is 0 Å². The molecule has 2 rings (SSSR count). The largest absolute Gasteiger partial charge is 0.586 e. The van der Waals surface area contributed by atoms with E-state index in [1.165, 1.54) is 12.1 Å². The summed E-state index contributed by atoms with van der Waals surface area (Å²) in [7, 11) is 0. The molecule has 1 aromatic rings. The molecule has 0 fully saturated rings. The van der Waals surface area contributed by atoms with Crippen molar-refractivity contribution in [2.75, 3.05) is 0 Å². The van der Waals surface area contributed by atoms with Crippen molar-refractivity contribution in [2.45, 2.75) is 13.2 Å². The van der Waals surface area contributed by atoms with Gasteiger partial charge in [-0.3, -0.25) is 0 Å². The summed E-state index contributed by atoms with van der Waals surface area (Å²) in [5, 5.41) is 0. The van der Waals surface area contributed by atoms with Crippen LogP contribution in [0.15, 0.2) is 18.2 Å². The van der Waals surface area contributed by atoms with Crippen molar-refractivity contribution in [3.8, 4) is 11.5 Å². The number of alkyl halides is 2. The molecule has 0 atom stereocenters. The second-order valence-electron chi connectivity index (χ2n) is 2.62. The summed E-state index contributed by atoms with van der Waals surface area (Å²) in [6, 6.07) is 4.66. The van der Waals surface area contributed by atoms with Crippen LogP contribution in [0.4, 0.5) is 8.78 Å². The number of rotatable bonds is 0. The zero-order valence-corrected chi connectivity index (χ0v) is 6.30. The van der Waals surface area contributed by atoms with Crippen LogP contribution in [-0.2, 0) is 0 Å². The van der Waals surface area contributed by atoms with E-state index in [0.29, 0.717) is 0 Å². The Morgan fingerprint density at radius 3 is 2.58 bits per heavy atom. The van der Waals surface area contributed by atoms with Crippen LogP contribution in [0.1, 0.15) is 5.56 Å². The topological polar surface area (TPSA) is 18.5 Å². The molecule has 0 radical (unpaired) electrons. The van der Waals surface area contributed by atoms with Crippen molar-refractivity contribution in [3.63, 3.8) is 0 Å². The Kier molecular flexibility index (Phi) is 1.28. The Balaban J connectivity index is 2.43. The van der Waals surface area contributed by atoms with Crippen LogP contribution in [0.5, 0.6) is 11.5 Å². The number of aryl methyl sites for hydroxylation is 1. The highest BCUT2D eigenvalue weighted by Gasteiger charge is 2.43. The van der Waals surface area contributed by atoms with Crippen LogP contribution < -0.4 is 9.47 Å². The Morgan fingerprint density at radius 2 is 1.83 bits per heavy atom. The summed E-state index contributed by atoms with van der Waals surface area (Å²) in [6.45, 7) is 1.79. The van der Waals surface area contributed by atoms with Crippen LogP contribution in [-0.4, -0.2) is 6.29 Å². The maximum absolute atomic E-state index is 12.4. The van der Waals surface area contributed by atoms with Gasteiger partial charge in [-0.1, -0.05) is 6.07 Å². The van der Waals surface area contributed by atoms with Gasteiger partial charge < -0.3 is 9.47 Å². The molecule has 4 heteroatoms. The van der Waals surface area contributed by atoms with E-state index < -0.39 is 6.29 Å². The van der Waals surface area contributed by atoms with Crippen molar-refractivity contribution in [1.29, 1.82) is 0 Å². The van der Waals surface area contributed by atoms with Crippen LogP contribution in [0.3, 0.4) is 0 Å². The summed E-state index contributed by atoms with van der Waals surface area (Å²) in [5.74, 6) is 0.186. The Hall–Kier alpha value is -1.32. The molecule has 0 spiro atoms. The molecule has 0 aliphatic carbocycles. The molecule has 0 amide bonds. The van der Waals surface area contributed by atoms with E-state index >= 15 is 0 Å². The van der Waals surface area contributed by atoms with Crippen molar-refractivity contribution < 1.29 is 18.3 Å². The fourth-order valence-corrected chi connectivity index (χ4v) is 1.06. The molecule has 0 aromatic heterocycles. The van der Waals surface area contributed by atoms with Crippen LogP contribution in [0.2, 0.25) is 0 Å². The normalized spacial score (nSPS) is 17.9. The molecule has 0 bridgehead atoms. The lowest BCUT2D eigenvalue weighted by Crippen LogP contribution is -2.25. The fourth-order valence-electron chi connectivity index (χ4n) is 1.06. The van der Waals surface area contributed by atoms with Gasteiger partial charge in [0.1, 0.15) is 0 Å². The van der Waals surface area contributed by atoms with Gasteiger partial charge in [-0.15, -0.1) is 8.78 Å². The highest BCUT2D eigenvalue weighted by Crippen LogP contribution is 2.40. The van der Waals surface area contributed by atoms with Crippen molar-refractivity contribution in [3.05, 3.63) is 23.8 Å². The van der Waals surface area contributed by atoms with Crippen LogP contribution in [0.25, 0.3) is 0 Å². The quantitative estimate of drug-likeness (QED) is 0.597. The monoisotopic (exact) mass is 172 g/mol. The molecule has 2 nitrogen and oxygen atoms in total. The zero-order chi connectivity index (χ0) is 8.77. The van der Waals surface area contributed by atoms with E-state index in [9.17, 15) is 8.78 Å². The second-order valence-corrected chi connectivity index (χ2v) is 2.62. The molecule has 1 heterocycles. The smallest absolute Gasteiger partial charge is 0.395 e. The highest BCUT2D eigenvalue weighted by atomic mass is 19.3. The number of hydrogen-bond donors (Lipinski definition) is 0. The minimum atomic E-state index is -3.50. The summed E-state index contributed by atoms with van der Waals surface area (Å²) in [4.78, 5) is 0. The maximum atomic E-state index is 12.4. The molecule has 0 unspecified atom stereocenters. The number of halogens is 2. The first-order valence-corrected chi connectivity index (χ1v) is 3.43. The first-order valence-electron chi connectivity index (χ1n) is 3.43. The van der Waals surface area contributed by atoms with Crippen LogP contribution >= 0.6 is 0 Å². The van der Waals surface area contributed by atoms with Gasteiger partial charge in [0.25, 0.3) is 0 Å². The number of fused-ring (bicyclic) bond motifs is 1. The van der Waals surface area contributed by atoms with Gasteiger partial charge in [-0.05, 0) is 24.6 Å². The maximum Gasteiger partial charge on any atom is 0.586 e. The summed E-state index contributed by atoms with van der Waals surface area (Å²) >= 11 is 0. The van der Waals surface area contributed by atoms with Crippen LogP contribution in [0, 0.1) is 6.92 Å². The third kappa shape index (κ3) is 1.09. The van der Waals surface area contributed by atoms with Gasteiger partial charge in [0.05, 0.1) is 0 Å². The number of hydrogen-bond acceptors (Lipinski definition) is 2. The van der Waals surface area contributed by atoms with E-state index in [2.05, 4.69) is 9.47 Å². The van der Waals surface area contributed by atoms with E-state index in [-0.39, 0.29) is 11.5 Å². The highest BCUT2D eigenvalue weighted by molar-refractivity contribution is 5.44.